The predicted octanol–water partition coefficient (Wildman–Crippen LogP) is -0.608. The Morgan fingerprint density at radius 2 is 2.03 bits per heavy atom. The zero-order valence-corrected chi connectivity index (χ0v) is 22.7. The molecular formula is C21H24B2N6O8S2. The molecule has 18 heteroatoms. The highest BCUT2D eigenvalue weighted by atomic mass is 32.2. The summed E-state index contributed by atoms with van der Waals surface area (Å²) in [5, 5.41) is 6.51. The van der Waals surface area contributed by atoms with Gasteiger partial charge in [-0.25, -0.2) is 20.4 Å². The highest BCUT2D eigenvalue weighted by Crippen LogP contribution is 2.53. The Bertz CT molecular complexity index is 1220. The molecule has 0 aromatic carbocycles. The van der Waals surface area contributed by atoms with E-state index in [1.807, 2.05) is 6.92 Å². The average Bonchev–Trinajstić information content (AvgIpc) is 3.62. The zero-order valence-electron chi connectivity index (χ0n) is 21.1. The third kappa shape index (κ3) is 5.24. The van der Waals surface area contributed by atoms with Crippen LogP contribution in [0.3, 0.4) is 0 Å². The number of hydrazine groups is 1. The van der Waals surface area contributed by atoms with Crippen molar-refractivity contribution in [2.45, 2.75) is 49.5 Å². The first-order chi connectivity index (χ1) is 18.6. The first-order valence-corrected chi connectivity index (χ1v) is 13.7. The van der Waals surface area contributed by atoms with Crippen LogP contribution in [-0.2, 0) is 33.3 Å². The molecule has 4 heterocycles. The summed E-state index contributed by atoms with van der Waals surface area (Å²) in [5.41, 5.74) is 0.0361. The summed E-state index contributed by atoms with van der Waals surface area (Å²) < 4.78 is 8.76. The van der Waals surface area contributed by atoms with E-state index >= 15 is 0 Å². The molecule has 0 saturated carbocycles. The molecule has 4 atom stereocenters. The minimum absolute atomic E-state index is 0.122. The van der Waals surface area contributed by atoms with Crippen LogP contribution in [0, 0.1) is 12.8 Å². The molecule has 3 aliphatic heterocycles. The van der Waals surface area contributed by atoms with Crippen molar-refractivity contribution in [2.24, 2.45) is 16.9 Å². The van der Waals surface area contributed by atoms with Crippen LogP contribution in [0.1, 0.15) is 36.9 Å². The van der Waals surface area contributed by atoms with Crippen LogP contribution in [0.4, 0.5) is 4.79 Å². The SMILES string of the molecule is [B]OC(=O)[C@H](CCC)O/N=C(\C(=O)C[C@@H]1C(=O)N2C[C@@](C(=O)O[B])(N3CCN(N)C3=O)S[C@H]12)c1csc(C)n1. The number of Topliss-reactive ketones (excluding diaryl/α,β-unsaturated/α-hetero) is 1. The number of nitrogens with zero attached hydrogens (tertiary/aromatic N) is 5. The standard InChI is InChI=1S/C21H24B2N6O8S2/c1-3-4-14(18(32)35-22)37-26-15(12-8-38-10(2)25-12)13(30)7-11-16(31)27-9-21(19(33)36-23,39-17(11)27)28-5-6-29(24)20(28)34/h8,11,14,17H,3-7,9,24H2,1-2H3/b26-15-/t11-,14+,17-,21-/m1/s1. The Balaban J connectivity index is 1.55. The Morgan fingerprint density at radius 3 is 2.59 bits per heavy atom. The van der Waals surface area contributed by atoms with Gasteiger partial charge in [-0.3, -0.25) is 24.3 Å². The van der Waals surface area contributed by atoms with Gasteiger partial charge in [0.15, 0.2) is 11.5 Å². The van der Waals surface area contributed by atoms with Gasteiger partial charge >= 0.3 is 34.1 Å². The topological polar surface area (TPSA) is 174 Å². The molecule has 1 aromatic rings. The fourth-order valence-corrected chi connectivity index (χ4v) is 6.93. The Kier molecular flexibility index (Phi) is 8.56. The first kappa shape index (κ1) is 28.9. The van der Waals surface area contributed by atoms with E-state index in [1.54, 1.807) is 12.3 Å². The third-order valence-electron chi connectivity index (χ3n) is 6.59. The van der Waals surface area contributed by atoms with Gasteiger partial charge in [-0.15, -0.1) is 11.3 Å². The summed E-state index contributed by atoms with van der Waals surface area (Å²) in [6.07, 6.45) is -0.651. The van der Waals surface area contributed by atoms with Crippen molar-refractivity contribution < 1.29 is 38.1 Å². The monoisotopic (exact) mass is 574 g/mol. The quantitative estimate of drug-likeness (QED) is 0.0892. The van der Waals surface area contributed by atoms with Crippen LogP contribution in [0.15, 0.2) is 10.5 Å². The molecule has 2 N–H and O–H groups in total. The largest absolute Gasteiger partial charge is 0.541 e. The van der Waals surface area contributed by atoms with Crippen molar-refractivity contribution in [2.75, 3.05) is 19.6 Å². The van der Waals surface area contributed by atoms with Gasteiger partial charge < -0.3 is 19.0 Å². The molecule has 204 valence electrons. The lowest BCUT2D eigenvalue weighted by Gasteiger charge is -2.40. The van der Waals surface area contributed by atoms with Crippen molar-refractivity contribution in [1.82, 2.24) is 19.8 Å². The fourth-order valence-electron chi connectivity index (χ4n) is 4.60. The van der Waals surface area contributed by atoms with Crippen LogP contribution in [0.25, 0.3) is 0 Å². The molecular weight excluding hydrogens is 550 g/mol. The smallest absolute Gasteiger partial charge is 0.378 e. The number of thioether (sulfide) groups is 1. The van der Waals surface area contributed by atoms with E-state index in [1.165, 1.54) is 21.1 Å². The van der Waals surface area contributed by atoms with Gasteiger partial charge in [-0.1, -0.05) is 30.3 Å². The fraction of sp³-hybridized carbons (Fsp3) is 0.571. The van der Waals surface area contributed by atoms with E-state index in [0.29, 0.717) is 11.4 Å². The van der Waals surface area contributed by atoms with Gasteiger partial charge in [0.2, 0.25) is 16.9 Å². The second-order valence-electron chi connectivity index (χ2n) is 9.04. The molecule has 1 aromatic heterocycles. The summed E-state index contributed by atoms with van der Waals surface area (Å²) in [5.74, 6) is 2.11. The number of amides is 3. The molecule has 3 amide bonds. The second-order valence-corrected chi connectivity index (χ2v) is 11.5. The number of aromatic nitrogens is 1. The molecule has 0 aliphatic carbocycles. The van der Waals surface area contributed by atoms with E-state index in [2.05, 4.69) is 19.4 Å². The molecule has 3 fully saturated rings. The van der Waals surface area contributed by atoms with E-state index in [4.69, 9.17) is 26.8 Å². The number of nitrogens with two attached hydrogens (primary N) is 1. The highest BCUT2D eigenvalue weighted by molar-refractivity contribution is 8.02. The number of hydrogen-bond donors (Lipinski definition) is 1. The summed E-state index contributed by atoms with van der Waals surface area (Å²) in [6, 6.07) is -0.612. The van der Waals surface area contributed by atoms with E-state index in [0.717, 1.165) is 16.8 Å². The number of carbonyl (C=O) groups is 5. The van der Waals surface area contributed by atoms with Crippen molar-refractivity contribution in [3.05, 3.63) is 16.1 Å². The van der Waals surface area contributed by atoms with E-state index in [9.17, 15) is 24.0 Å². The predicted molar refractivity (Wildman–Crippen MR) is 139 cm³/mol. The van der Waals surface area contributed by atoms with Crippen LogP contribution < -0.4 is 5.84 Å². The number of rotatable bonds is 11. The highest BCUT2D eigenvalue weighted by Gasteiger charge is 2.66. The third-order valence-corrected chi connectivity index (χ3v) is 9.09. The minimum atomic E-state index is -1.61. The molecule has 4 radical (unpaired) electrons. The Hall–Kier alpha value is -3.11. The van der Waals surface area contributed by atoms with Crippen LogP contribution in [0.2, 0.25) is 0 Å². The second kappa shape index (κ2) is 11.6. The Labute approximate surface area is 234 Å². The van der Waals surface area contributed by atoms with Gasteiger partial charge in [0.05, 0.1) is 29.4 Å². The molecule has 3 saturated heterocycles. The van der Waals surface area contributed by atoms with Crippen molar-refractivity contribution in [3.63, 3.8) is 0 Å². The lowest BCUT2D eigenvalue weighted by Crippen LogP contribution is -2.60. The lowest BCUT2D eigenvalue weighted by atomic mass is 9.90. The molecule has 39 heavy (non-hydrogen) atoms. The maximum absolute atomic E-state index is 13.4. The molecule has 3 aliphatic rings. The molecule has 14 nitrogen and oxygen atoms in total. The minimum Gasteiger partial charge on any atom is -0.541 e. The molecule has 0 spiro atoms. The molecule has 0 bridgehead atoms. The number of fused-ring (bicyclic) bond motifs is 1. The van der Waals surface area contributed by atoms with E-state index in [-0.39, 0.29) is 43.9 Å². The van der Waals surface area contributed by atoms with Gasteiger partial charge in [0.25, 0.3) is 0 Å². The number of ketones is 1. The summed E-state index contributed by atoms with van der Waals surface area (Å²) >= 11 is 2.28. The van der Waals surface area contributed by atoms with Crippen molar-refractivity contribution in [3.8, 4) is 0 Å². The van der Waals surface area contributed by atoms with Gasteiger partial charge in [-0.05, 0) is 13.3 Å². The number of β-lactam (4-membered cyclic amide) rings is 1. The zero-order chi connectivity index (χ0) is 28.5. The number of hydrogen-bond acceptors (Lipinski definition) is 13. The van der Waals surface area contributed by atoms with Gasteiger partial charge in [0.1, 0.15) is 5.69 Å². The normalized spacial score (nSPS) is 25.3. The maximum atomic E-state index is 13.4. The number of thiazole rings is 1. The van der Waals surface area contributed by atoms with Crippen LogP contribution in [0.5, 0.6) is 0 Å². The van der Waals surface area contributed by atoms with Crippen molar-refractivity contribution in [1.29, 1.82) is 0 Å². The lowest BCUT2D eigenvalue weighted by molar-refractivity contribution is -0.153. The van der Waals surface area contributed by atoms with Gasteiger partial charge in [0, 0.05) is 18.3 Å². The number of aryl methyl sites for hydroxylation is 1. The average molecular weight is 574 g/mol. The van der Waals surface area contributed by atoms with E-state index < -0.39 is 51.9 Å². The summed E-state index contributed by atoms with van der Waals surface area (Å²) in [7, 11) is 10.2. The number of carbonyl (C=O) groups excluding carboxylic acids is 5. The molecule has 0 unspecified atom stereocenters. The number of oxime groups is 1. The van der Waals surface area contributed by atoms with Crippen LogP contribution in [-0.4, -0.2) is 107 Å². The van der Waals surface area contributed by atoms with Gasteiger partial charge in [-0.2, -0.15) is 0 Å². The number of urea groups is 1. The summed E-state index contributed by atoms with van der Waals surface area (Å²) in [6.45, 7) is 3.68. The molecule has 4 rings (SSSR count). The Morgan fingerprint density at radius 1 is 1.28 bits per heavy atom. The maximum Gasteiger partial charge on any atom is 0.378 e. The summed E-state index contributed by atoms with van der Waals surface area (Å²) in [4.78, 5) is 74.5. The van der Waals surface area contributed by atoms with Crippen LogP contribution >= 0.6 is 23.1 Å². The van der Waals surface area contributed by atoms with Crippen molar-refractivity contribution >= 4 is 74.6 Å². The first-order valence-electron chi connectivity index (χ1n) is 11.9.